The first kappa shape index (κ1) is 18.7. The summed E-state index contributed by atoms with van der Waals surface area (Å²) in [5, 5.41) is 0. The van der Waals surface area contributed by atoms with Crippen molar-refractivity contribution in [3.8, 4) is 0 Å². The molecule has 2 atom stereocenters. The Labute approximate surface area is 150 Å². The van der Waals surface area contributed by atoms with Crippen LogP contribution in [0.2, 0.25) is 0 Å². The molecule has 0 bridgehead atoms. The summed E-state index contributed by atoms with van der Waals surface area (Å²) in [6, 6.07) is 3.53. The van der Waals surface area contributed by atoms with Crippen LogP contribution >= 0.6 is 0 Å². The second-order valence-corrected chi connectivity index (χ2v) is 8.42. The molecule has 0 spiro atoms. The van der Waals surface area contributed by atoms with Gasteiger partial charge in [0, 0.05) is 13.1 Å². The lowest BCUT2D eigenvalue weighted by molar-refractivity contribution is -0.00542. The molecule has 0 aromatic heterocycles. The first-order valence-electron chi connectivity index (χ1n) is 9.06. The van der Waals surface area contributed by atoms with E-state index in [4.69, 9.17) is 14.0 Å². The minimum atomic E-state index is -0.546. The highest BCUT2D eigenvalue weighted by Crippen LogP contribution is 2.37. The maximum Gasteiger partial charge on any atom is 0.494 e. The summed E-state index contributed by atoms with van der Waals surface area (Å²) >= 11 is 0. The maximum absolute atomic E-state index is 15.0. The van der Waals surface area contributed by atoms with Crippen molar-refractivity contribution >= 4 is 18.3 Å². The summed E-state index contributed by atoms with van der Waals surface area (Å²) in [6.45, 7) is 15.4. The third-order valence-corrected chi connectivity index (χ3v) is 5.54. The molecular weight excluding hydrogens is 320 g/mol. The standard InChI is InChI=1S/C19H29BFNO3/c1-12-8-15(20-24-18(4,5)19(6,7)25-20)9-16(21)17(12)22-10-13(2)23-14(3)11-22/h8-9,13-14H,10-11H2,1-7H3. The smallest absolute Gasteiger partial charge is 0.399 e. The van der Waals surface area contributed by atoms with Crippen molar-refractivity contribution in [2.45, 2.75) is 71.9 Å². The lowest BCUT2D eigenvalue weighted by Crippen LogP contribution is -2.46. The zero-order valence-electron chi connectivity index (χ0n) is 16.4. The van der Waals surface area contributed by atoms with Gasteiger partial charge in [-0.05, 0) is 65.6 Å². The van der Waals surface area contributed by atoms with Crippen LogP contribution < -0.4 is 10.4 Å². The Balaban J connectivity index is 1.89. The van der Waals surface area contributed by atoms with Crippen molar-refractivity contribution in [1.82, 2.24) is 0 Å². The van der Waals surface area contributed by atoms with Gasteiger partial charge in [-0.25, -0.2) is 4.39 Å². The SMILES string of the molecule is Cc1cc(B2OC(C)(C)C(C)(C)O2)cc(F)c1N1CC(C)OC(C)C1. The lowest BCUT2D eigenvalue weighted by Gasteiger charge is -2.37. The van der Waals surface area contributed by atoms with Crippen LogP contribution in [0.1, 0.15) is 47.1 Å². The molecule has 1 aromatic rings. The normalized spacial score (nSPS) is 28.5. The van der Waals surface area contributed by atoms with Gasteiger partial charge in [0.05, 0.1) is 29.1 Å². The van der Waals surface area contributed by atoms with E-state index in [1.165, 1.54) is 0 Å². The van der Waals surface area contributed by atoms with Crippen LogP contribution in [0, 0.1) is 12.7 Å². The van der Waals surface area contributed by atoms with Crippen LogP contribution in [-0.4, -0.2) is 43.6 Å². The van der Waals surface area contributed by atoms with Crippen LogP contribution in [0.5, 0.6) is 0 Å². The van der Waals surface area contributed by atoms with E-state index >= 15 is 0 Å². The Morgan fingerprint density at radius 1 is 1.04 bits per heavy atom. The molecule has 2 fully saturated rings. The highest BCUT2D eigenvalue weighted by atomic mass is 19.1. The highest BCUT2D eigenvalue weighted by molar-refractivity contribution is 6.62. The van der Waals surface area contributed by atoms with Crippen molar-refractivity contribution in [2.75, 3.05) is 18.0 Å². The van der Waals surface area contributed by atoms with E-state index in [1.54, 1.807) is 6.07 Å². The first-order chi connectivity index (χ1) is 11.5. The fourth-order valence-electron chi connectivity index (χ4n) is 3.64. The van der Waals surface area contributed by atoms with Crippen LogP contribution in [0.4, 0.5) is 10.1 Å². The van der Waals surface area contributed by atoms with Gasteiger partial charge in [-0.2, -0.15) is 0 Å². The second kappa shape index (κ2) is 6.25. The molecule has 2 aliphatic rings. The fraction of sp³-hybridized carbons (Fsp3) is 0.684. The van der Waals surface area contributed by atoms with Crippen molar-refractivity contribution in [3.63, 3.8) is 0 Å². The van der Waals surface area contributed by atoms with Crippen LogP contribution in [-0.2, 0) is 14.0 Å². The van der Waals surface area contributed by atoms with Crippen molar-refractivity contribution in [1.29, 1.82) is 0 Å². The van der Waals surface area contributed by atoms with E-state index in [9.17, 15) is 4.39 Å². The summed E-state index contributed by atoms with van der Waals surface area (Å²) in [6.07, 6.45) is 0.177. The molecule has 6 heteroatoms. The minimum absolute atomic E-state index is 0.0883. The quantitative estimate of drug-likeness (QED) is 0.768. The minimum Gasteiger partial charge on any atom is -0.399 e. The lowest BCUT2D eigenvalue weighted by atomic mass is 9.78. The number of rotatable bonds is 2. The Morgan fingerprint density at radius 2 is 1.56 bits per heavy atom. The molecule has 3 rings (SSSR count). The van der Waals surface area contributed by atoms with Gasteiger partial charge in [-0.3, -0.25) is 0 Å². The number of hydrogen-bond donors (Lipinski definition) is 0. The molecule has 0 aliphatic carbocycles. The largest absolute Gasteiger partial charge is 0.494 e. The average Bonchev–Trinajstić information content (AvgIpc) is 2.65. The second-order valence-electron chi connectivity index (χ2n) is 8.42. The molecule has 2 aliphatic heterocycles. The molecule has 2 heterocycles. The molecule has 0 amide bonds. The number of benzene rings is 1. The van der Waals surface area contributed by atoms with Gasteiger partial charge in [-0.1, -0.05) is 6.07 Å². The van der Waals surface area contributed by atoms with Crippen LogP contribution in [0.3, 0.4) is 0 Å². The molecule has 2 saturated heterocycles. The molecular formula is C19H29BFNO3. The van der Waals surface area contributed by atoms with E-state index in [1.807, 2.05) is 54.5 Å². The summed E-state index contributed by atoms with van der Waals surface area (Å²) in [4.78, 5) is 2.08. The number of morpholine rings is 1. The van der Waals surface area contributed by atoms with E-state index in [-0.39, 0.29) is 18.0 Å². The molecule has 2 unspecified atom stereocenters. The van der Waals surface area contributed by atoms with Gasteiger partial charge in [0.2, 0.25) is 0 Å². The predicted molar refractivity (Wildman–Crippen MR) is 99.1 cm³/mol. The number of anilines is 1. The van der Waals surface area contributed by atoms with Crippen molar-refractivity contribution < 1.29 is 18.4 Å². The zero-order valence-corrected chi connectivity index (χ0v) is 16.4. The van der Waals surface area contributed by atoms with Crippen molar-refractivity contribution in [2.24, 2.45) is 0 Å². The number of halogens is 1. The van der Waals surface area contributed by atoms with Gasteiger partial charge in [-0.15, -0.1) is 0 Å². The first-order valence-corrected chi connectivity index (χ1v) is 9.06. The molecule has 25 heavy (non-hydrogen) atoms. The number of nitrogens with zero attached hydrogens (tertiary/aromatic N) is 1. The van der Waals surface area contributed by atoms with Gasteiger partial charge >= 0.3 is 7.12 Å². The van der Waals surface area contributed by atoms with E-state index in [2.05, 4.69) is 4.90 Å². The third-order valence-electron chi connectivity index (χ3n) is 5.54. The van der Waals surface area contributed by atoms with Crippen LogP contribution in [0.15, 0.2) is 12.1 Å². The van der Waals surface area contributed by atoms with E-state index in [0.717, 1.165) is 11.0 Å². The molecule has 0 radical (unpaired) electrons. The maximum atomic E-state index is 15.0. The molecule has 4 nitrogen and oxygen atoms in total. The van der Waals surface area contributed by atoms with Crippen LogP contribution in [0.25, 0.3) is 0 Å². The number of hydrogen-bond acceptors (Lipinski definition) is 4. The van der Waals surface area contributed by atoms with Gasteiger partial charge < -0.3 is 18.9 Å². The monoisotopic (exact) mass is 349 g/mol. The molecule has 0 saturated carbocycles. The zero-order chi connectivity index (χ0) is 18.6. The fourth-order valence-corrected chi connectivity index (χ4v) is 3.64. The highest BCUT2D eigenvalue weighted by Gasteiger charge is 2.51. The Hall–Kier alpha value is -1.11. The Kier molecular flexibility index (Phi) is 4.67. The van der Waals surface area contributed by atoms with E-state index in [0.29, 0.717) is 18.8 Å². The Morgan fingerprint density at radius 3 is 2.04 bits per heavy atom. The average molecular weight is 349 g/mol. The summed E-state index contributed by atoms with van der Waals surface area (Å²) in [5.74, 6) is -0.231. The van der Waals surface area contributed by atoms with Gasteiger partial charge in [0.1, 0.15) is 5.82 Å². The molecule has 138 valence electrons. The number of aryl methyl sites for hydroxylation is 1. The molecule has 1 aromatic carbocycles. The number of ether oxygens (including phenoxy) is 1. The summed E-state index contributed by atoms with van der Waals surface area (Å²) in [7, 11) is -0.546. The summed E-state index contributed by atoms with van der Waals surface area (Å²) in [5.41, 5.74) is 1.41. The van der Waals surface area contributed by atoms with Gasteiger partial charge in [0.25, 0.3) is 0 Å². The Bertz CT molecular complexity index is 615. The predicted octanol–water partition coefficient (Wildman–Crippen LogP) is 3.05. The summed E-state index contributed by atoms with van der Waals surface area (Å²) < 4.78 is 32.9. The van der Waals surface area contributed by atoms with E-state index < -0.39 is 18.3 Å². The molecule has 0 N–H and O–H groups in total. The van der Waals surface area contributed by atoms with Gasteiger partial charge in [0.15, 0.2) is 0 Å². The topological polar surface area (TPSA) is 30.9 Å². The third kappa shape index (κ3) is 3.44. The van der Waals surface area contributed by atoms with Crippen molar-refractivity contribution in [3.05, 3.63) is 23.5 Å².